The van der Waals surface area contributed by atoms with Gasteiger partial charge >= 0.3 is 0 Å². The van der Waals surface area contributed by atoms with E-state index in [2.05, 4.69) is 15.0 Å². The monoisotopic (exact) mass is 388 g/mol. The van der Waals surface area contributed by atoms with Crippen LogP contribution in [0.1, 0.15) is 55.3 Å². The molecule has 8 heteroatoms. The summed E-state index contributed by atoms with van der Waals surface area (Å²) in [6.07, 6.45) is 6.15. The molecule has 0 spiro atoms. The first-order valence-electron chi connectivity index (χ1n) is 9.82. The molecule has 0 radical (unpaired) electrons. The third-order valence-electron chi connectivity index (χ3n) is 5.75. The lowest BCUT2D eigenvalue weighted by Crippen LogP contribution is -2.35. The molecular formula is C19H24N4O3S. The van der Waals surface area contributed by atoms with Crippen LogP contribution < -0.4 is 4.90 Å². The highest BCUT2D eigenvalue weighted by atomic mass is 32.2. The van der Waals surface area contributed by atoms with Crippen molar-refractivity contribution in [3.05, 3.63) is 35.5 Å². The van der Waals surface area contributed by atoms with Crippen LogP contribution in [-0.2, 0) is 23.0 Å². The lowest BCUT2D eigenvalue weighted by atomic mass is 10.2. The van der Waals surface area contributed by atoms with Crippen molar-refractivity contribution in [1.82, 2.24) is 14.4 Å². The molecule has 5 rings (SSSR count). The van der Waals surface area contributed by atoms with Crippen molar-refractivity contribution < 1.29 is 12.9 Å². The number of aromatic nitrogens is 2. The normalized spacial score (nSPS) is 20.8. The van der Waals surface area contributed by atoms with Crippen LogP contribution in [-0.4, -0.2) is 42.5 Å². The van der Waals surface area contributed by atoms with Crippen LogP contribution in [0.25, 0.3) is 0 Å². The Labute approximate surface area is 159 Å². The van der Waals surface area contributed by atoms with E-state index in [1.165, 1.54) is 0 Å². The molecule has 1 aliphatic carbocycles. The van der Waals surface area contributed by atoms with Crippen LogP contribution in [0, 0.1) is 0 Å². The summed E-state index contributed by atoms with van der Waals surface area (Å²) >= 11 is 0. The van der Waals surface area contributed by atoms with E-state index in [9.17, 15) is 8.42 Å². The zero-order valence-electron chi connectivity index (χ0n) is 15.3. The van der Waals surface area contributed by atoms with E-state index in [-0.39, 0.29) is 0 Å². The number of hydrogen-bond donors (Lipinski definition) is 0. The zero-order valence-corrected chi connectivity index (χ0v) is 16.1. The lowest BCUT2D eigenvalue weighted by Gasteiger charge is -2.26. The highest BCUT2D eigenvalue weighted by Crippen LogP contribution is 2.38. The second kappa shape index (κ2) is 6.60. The number of benzene rings is 1. The van der Waals surface area contributed by atoms with Crippen LogP contribution >= 0.6 is 0 Å². The molecule has 27 heavy (non-hydrogen) atoms. The molecule has 144 valence electrons. The van der Waals surface area contributed by atoms with Gasteiger partial charge in [-0.25, -0.2) is 8.42 Å². The molecule has 0 amide bonds. The second-order valence-electron chi connectivity index (χ2n) is 7.75. The molecule has 2 fully saturated rings. The van der Waals surface area contributed by atoms with Crippen molar-refractivity contribution >= 4 is 15.7 Å². The highest BCUT2D eigenvalue weighted by molar-refractivity contribution is 7.89. The van der Waals surface area contributed by atoms with Crippen molar-refractivity contribution in [2.24, 2.45) is 0 Å². The summed E-state index contributed by atoms with van der Waals surface area (Å²) in [7, 11) is -3.39. The number of nitrogens with zero attached hydrogens (tertiary/aromatic N) is 4. The summed E-state index contributed by atoms with van der Waals surface area (Å²) in [5, 5.41) is 4.08. The Morgan fingerprint density at radius 3 is 2.70 bits per heavy atom. The van der Waals surface area contributed by atoms with E-state index in [1.54, 1.807) is 10.4 Å². The van der Waals surface area contributed by atoms with Crippen molar-refractivity contribution in [2.45, 2.75) is 55.9 Å². The van der Waals surface area contributed by atoms with Gasteiger partial charge in [-0.15, -0.1) is 0 Å². The summed E-state index contributed by atoms with van der Waals surface area (Å²) < 4.78 is 32.8. The second-order valence-corrected chi connectivity index (χ2v) is 9.69. The lowest BCUT2D eigenvalue weighted by molar-refractivity contribution is 0.346. The largest absolute Gasteiger partial charge is 0.362 e. The van der Waals surface area contributed by atoms with Gasteiger partial charge in [0, 0.05) is 31.2 Å². The molecule has 2 aliphatic heterocycles. The van der Waals surface area contributed by atoms with E-state index in [0.717, 1.165) is 62.1 Å². The molecule has 2 aromatic rings. The van der Waals surface area contributed by atoms with Gasteiger partial charge in [-0.05, 0) is 55.9 Å². The fraction of sp³-hybridized carbons (Fsp3) is 0.579. The van der Waals surface area contributed by atoms with Gasteiger partial charge in [0.05, 0.1) is 11.4 Å². The summed E-state index contributed by atoms with van der Waals surface area (Å²) in [4.78, 5) is 7.11. The van der Waals surface area contributed by atoms with Crippen LogP contribution in [0.5, 0.6) is 0 Å². The quantitative estimate of drug-likeness (QED) is 0.783. The number of fused-ring (bicyclic) bond motifs is 1. The van der Waals surface area contributed by atoms with E-state index < -0.39 is 10.0 Å². The Hall–Kier alpha value is -1.93. The maximum absolute atomic E-state index is 12.9. The SMILES string of the molecule is O=S(=O)(c1ccc2c(c1)CCN2Cc1nc(C2CC2)no1)N1CCCCC1. The van der Waals surface area contributed by atoms with Crippen LogP contribution in [0.15, 0.2) is 27.6 Å². The Morgan fingerprint density at radius 2 is 1.93 bits per heavy atom. The molecule has 1 saturated heterocycles. The zero-order chi connectivity index (χ0) is 18.4. The molecule has 0 bridgehead atoms. The van der Waals surface area contributed by atoms with E-state index >= 15 is 0 Å². The predicted octanol–water partition coefficient (Wildman–Crippen LogP) is 2.68. The van der Waals surface area contributed by atoms with Crippen molar-refractivity contribution in [3.8, 4) is 0 Å². The summed E-state index contributed by atoms with van der Waals surface area (Å²) in [6.45, 7) is 2.67. The Kier molecular flexibility index (Phi) is 4.20. The topological polar surface area (TPSA) is 79.5 Å². The molecule has 0 N–H and O–H groups in total. The van der Waals surface area contributed by atoms with Gasteiger partial charge in [0.1, 0.15) is 0 Å². The number of rotatable bonds is 5. The van der Waals surface area contributed by atoms with Crippen LogP contribution in [0.2, 0.25) is 0 Å². The molecular weight excluding hydrogens is 364 g/mol. The maximum Gasteiger partial charge on any atom is 0.246 e. The van der Waals surface area contributed by atoms with Gasteiger partial charge in [0.2, 0.25) is 15.9 Å². The first-order valence-corrected chi connectivity index (χ1v) is 11.3. The van der Waals surface area contributed by atoms with Crippen molar-refractivity contribution in [1.29, 1.82) is 0 Å². The van der Waals surface area contributed by atoms with Gasteiger partial charge in [-0.3, -0.25) is 0 Å². The maximum atomic E-state index is 12.9. The van der Waals surface area contributed by atoms with Gasteiger partial charge in [0.25, 0.3) is 0 Å². The van der Waals surface area contributed by atoms with Gasteiger partial charge in [-0.2, -0.15) is 9.29 Å². The molecule has 1 saturated carbocycles. The van der Waals surface area contributed by atoms with E-state index in [4.69, 9.17) is 4.52 Å². The third-order valence-corrected chi connectivity index (χ3v) is 7.64. The minimum absolute atomic E-state index is 0.416. The van der Waals surface area contributed by atoms with E-state index in [0.29, 0.717) is 36.3 Å². The number of anilines is 1. The van der Waals surface area contributed by atoms with Crippen LogP contribution in [0.3, 0.4) is 0 Å². The molecule has 0 unspecified atom stereocenters. The number of hydrogen-bond acceptors (Lipinski definition) is 6. The fourth-order valence-corrected chi connectivity index (χ4v) is 5.60. The number of piperidine rings is 1. The Morgan fingerprint density at radius 1 is 1.11 bits per heavy atom. The first kappa shape index (κ1) is 17.2. The van der Waals surface area contributed by atoms with E-state index in [1.807, 2.05) is 12.1 Å². The smallest absolute Gasteiger partial charge is 0.246 e. The molecule has 3 heterocycles. The predicted molar refractivity (Wildman–Crippen MR) is 100 cm³/mol. The summed E-state index contributed by atoms with van der Waals surface area (Å²) in [6, 6.07) is 5.52. The minimum atomic E-state index is -3.39. The van der Waals surface area contributed by atoms with Crippen molar-refractivity contribution in [3.63, 3.8) is 0 Å². The summed E-state index contributed by atoms with van der Waals surface area (Å²) in [5.41, 5.74) is 2.15. The van der Waals surface area contributed by atoms with Gasteiger partial charge in [-0.1, -0.05) is 11.6 Å². The molecule has 3 aliphatic rings. The standard InChI is InChI=1S/C19H24N4O3S/c24-27(25,23-9-2-1-3-10-23)16-6-7-17-15(12-16)8-11-22(17)13-18-20-19(21-26-18)14-4-5-14/h6-7,12,14H,1-5,8-11,13H2. The molecule has 1 aromatic heterocycles. The number of sulfonamides is 1. The minimum Gasteiger partial charge on any atom is -0.362 e. The van der Waals surface area contributed by atoms with Crippen LogP contribution in [0.4, 0.5) is 5.69 Å². The average Bonchev–Trinajstić information content (AvgIpc) is 3.31. The summed E-state index contributed by atoms with van der Waals surface area (Å²) in [5.74, 6) is 1.94. The third kappa shape index (κ3) is 3.25. The highest BCUT2D eigenvalue weighted by Gasteiger charge is 2.31. The molecule has 7 nitrogen and oxygen atoms in total. The fourth-order valence-electron chi connectivity index (χ4n) is 4.03. The average molecular weight is 388 g/mol. The molecule has 1 aromatic carbocycles. The first-order chi connectivity index (χ1) is 13.1. The molecule has 0 atom stereocenters. The van der Waals surface area contributed by atoms with Gasteiger partial charge in [0.15, 0.2) is 5.82 Å². The van der Waals surface area contributed by atoms with Gasteiger partial charge < -0.3 is 9.42 Å². The Bertz CT molecular complexity index is 946. The Balaban J connectivity index is 1.35. The van der Waals surface area contributed by atoms with Crippen molar-refractivity contribution in [2.75, 3.05) is 24.5 Å².